The van der Waals surface area contributed by atoms with Gasteiger partial charge < -0.3 is 11.1 Å². The molecule has 1 aromatic carbocycles. The summed E-state index contributed by atoms with van der Waals surface area (Å²) in [6.45, 7) is 12.1. The van der Waals surface area contributed by atoms with Gasteiger partial charge in [-0.1, -0.05) is 37.3 Å². The molecule has 2 aliphatic heterocycles. The van der Waals surface area contributed by atoms with Gasteiger partial charge in [-0.2, -0.15) is 13.2 Å². The van der Waals surface area contributed by atoms with Crippen LogP contribution in [0.2, 0.25) is 0 Å². The first-order valence-corrected chi connectivity index (χ1v) is 14.4. The Balaban J connectivity index is 1.62. The Morgan fingerprint density at radius 3 is 2.33 bits per heavy atom. The Morgan fingerprint density at radius 1 is 1.10 bits per heavy atom. The molecule has 3 rings (SSSR count). The quantitative estimate of drug-likeness (QED) is 0.231. The average Bonchev–Trinajstić information content (AvgIpc) is 3.44. The van der Waals surface area contributed by atoms with Crippen LogP contribution in [0.15, 0.2) is 59.6 Å². The van der Waals surface area contributed by atoms with Gasteiger partial charge in [0.1, 0.15) is 5.83 Å². The number of hydrogen-bond donors (Lipinski definition) is 2. The molecule has 218 valence electrons. The molecule has 0 aliphatic carbocycles. The highest BCUT2D eigenvalue weighted by atomic mass is 19.4. The molecule has 2 aliphatic rings. The van der Waals surface area contributed by atoms with Gasteiger partial charge in [0.25, 0.3) is 0 Å². The van der Waals surface area contributed by atoms with Crippen molar-refractivity contribution >= 4 is 0 Å². The van der Waals surface area contributed by atoms with E-state index >= 15 is 4.39 Å². The summed E-state index contributed by atoms with van der Waals surface area (Å²) in [6, 6.07) is 5.07. The first-order chi connectivity index (χ1) is 18.6. The number of hydrogen-bond acceptors (Lipinski definition) is 4. The first-order valence-electron chi connectivity index (χ1n) is 14.4. The highest BCUT2D eigenvalue weighted by Gasteiger charge is 2.34. The van der Waals surface area contributed by atoms with Crippen molar-refractivity contribution in [3.8, 4) is 0 Å². The summed E-state index contributed by atoms with van der Waals surface area (Å²) in [6.07, 6.45) is 6.53. The van der Waals surface area contributed by atoms with Gasteiger partial charge in [-0.3, -0.25) is 9.80 Å². The maximum Gasteiger partial charge on any atom is 0.416 e. The molecular weight excluding hydrogens is 504 g/mol. The zero-order valence-electron chi connectivity index (χ0n) is 23.9. The molecule has 2 fully saturated rings. The summed E-state index contributed by atoms with van der Waals surface area (Å²) in [5, 5.41) is 3.33. The lowest BCUT2D eigenvalue weighted by atomic mass is 9.96. The molecule has 3 atom stereocenters. The summed E-state index contributed by atoms with van der Waals surface area (Å²) < 4.78 is 54.8. The topological polar surface area (TPSA) is 44.5 Å². The lowest BCUT2D eigenvalue weighted by molar-refractivity contribution is -0.137. The van der Waals surface area contributed by atoms with Gasteiger partial charge in [-0.15, -0.1) is 0 Å². The van der Waals surface area contributed by atoms with E-state index in [0.29, 0.717) is 37.2 Å². The molecule has 4 nitrogen and oxygen atoms in total. The molecule has 0 aromatic heterocycles. The van der Waals surface area contributed by atoms with Gasteiger partial charge in [0, 0.05) is 24.3 Å². The molecule has 39 heavy (non-hydrogen) atoms. The zero-order chi connectivity index (χ0) is 28.6. The third-order valence-corrected chi connectivity index (χ3v) is 8.45. The Bertz CT molecular complexity index is 991. The number of likely N-dealkylation sites (tertiary alicyclic amines) is 2. The van der Waals surface area contributed by atoms with E-state index in [9.17, 15) is 13.2 Å². The normalized spacial score (nSPS) is 22.8. The maximum atomic E-state index is 15.8. The first kappa shape index (κ1) is 31.4. The average molecular weight is 551 g/mol. The van der Waals surface area contributed by atoms with Crippen LogP contribution in [-0.2, 0) is 6.18 Å². The second-order valence-corrected chi connectivity index (χ2v) is 10.9. The van der Waals surface area contributed by atoms with Gasteiger partial charge >= 0.3 is 6.18 Å². The van der Waals surface area contributed by atoms with Crippen LogP contribution >= 0.6 is 0 Å². The molecule has 0 saturated carbocycles. The number of halogens is 4. The number of rotatable bonds is 11. The van der Waals surface area contributed by atoms with Gasteiger partial charge in [-0.05, 0) is 108 Å². The predicted octanol–water partition coefficient (Wildman–Crippen LogP) is 6.97. The van der Waals surface area contributed by atoms with E-state index in [4.69, 9.17) is 5.73 Å². The monoisotopic (exact) mass is 550 g/mol. The molecule has 0 spiro atoms. The fourth-order valence-electron chi connectivity index (χ4n) is 5.73. The van der Waals surface area contributed by atoms with E-state index in [0.717, 1.165) is 68.6 Å². The van der Waals surface area contributed by atoms with Crippen molar-refractivity contribution < 1.29 is 17.6 Å². The van der Waals surface area contributed by atoms with E-state index in [1.54, 1.807) is 0 Å². The van der Waals surface area contributed by atoms with Crippen molar-refractivity contribution in [3.63, 3.8) is 0 Å². The smallest absolute Gasteiger partial charge is 0.382 e. The van der Waals surface area contributed by atoms with Crippen LogP contribution in [0, 0.1) is 5.92 Å². The zero-order valence-corrected chi connectivity index (χ0v) is 23.9. The molecule has 2 heterocycles. The Morgan fingerprint density at radius 2 is 1.77 bits per heavy atom. The third kappa shape index (κ3) is 8.41. The van der Waals surface area contributed by atoms with Crippen LogP contribution < -0.4 is 11.1 Å². The fraction of sp³-hybridized carbons (Fsp3) is 0.613. The van der Waals surface area contributed by atoms with Crippen molar-refractivity contribution in [3.05, 3.63) is 70.7 Å². The number of nitrogens with two attached hydrogens (primary N) is 1. The lowest BCUT2D eigenvalue weighted by Gasteiger charge is -2.34. The van der Waals surface area contributed by atoms with E-state index in [-0.39, 0.29) is 11.9 Å². The number of piperidine rings is 1. The molecule has 0 amide bonds. The number of alkyl halides is 3. The van der Waals surface area contributed by atoms with Crippen molar-refractivity contribution in [2.45, 2.75) is 84.1 Å². The molecule has 3 N–H and O–H groups in total. The van der Waals surface area contributed by atoms with Crippen LogP contribution in [0.5, 0.6) is 0 Å². The largest absolute Gasteiger partial charge is 0.416 e. The minimum Gasteiger partial charge on any atom is -0.382 e. The standard InChI is InChI=1S/C31H46F4N4/c1-5-24(10-9-22(3)38-18-15-25(20-36)16-19-38)21-37-28(6-2)30(32)23(4)39-17-7-8-29(39)26-11-13-27(14-12-26)31(33,34)35/h5,9-14,22-23,25,29,37H,6-8,15-21,36H2,1-4H3/b10-9-,24-5+,30-28-. The summed E-state index contributed by atoms with van der Waals surface area (Å²) in [7, 11) is 0. The van der Waals surface area contributed by atoms with E-state index in [1.165, 1.54) is 12.1 Å². The van der Waals surface area contributed by atoms with Crippen molar-refractivity contribution in [2.75, 3.05) is 32.7 Å². The van der Waals surface area contributed by atoms with E-state index in [1.807, 2.05) is 26.8 Å². The van der Waals surface area contributed by atoms with Crippen LogP contribution in [0.1, 0.15) is 77.0 Å². The molecule has 0 bridgehead atoms. The van der Waals surface area contributed by atoms with Gasteiger partial charge in [0.2, 0.25) is 0 Å². The summed E-state index contributed by atoms with van der Waals surface area (Å²) in [5.41, 5.74) is 7.63. The van der Waals surface area contributed by atoms with Gasteiger partial charge in [0.05, 0.1) is 11.6 Å². The van der Waals surface area contributed by atoms with Crippen LogP contribution in [0.25, 0.3) is 0 Å². The third-order valence-electron chi connectivity index (χ3n) is 8.45. The number of allylic oxidation sites excluding steroid dienone is 2. The molecule has 2 saturated heterocycles. The Labute approximate surface area is 232 Å². The highest BCUT2D eigenvalue weighted by molar-refractivity contribution is 5.28. The van der Waals surface area contributed by atoms with Crippen LogP contribution in [0.3, 0.4) is 0 Å². The molecular formula is C31H46F4N4. The Kier molecular flexibility index (Phi) is 11.6. The lowest BCUT2D eigenvalue weighted by Crippen LogP contribution is -2.40. The minimum atomic E-state index is -4.36. The molecule has 1 aromatic rings. The SMILES string of the molecule is C/C=C(\C=C/C(C)N1CCC(CN)CC1)CN/C(CC)=C(\F)C(C)N1CCCC1c1ccc(C(F)(F)F)cc1. The van der Waals surface area contributed by atoms with E-state index in [2.05, 4.69) is 34.2 Å². The predicted molar refractivity (Wildman–Crippen MR) is 152 cm³/mol. The van der Waals surface area contributed by atoms with Crippen LogP contribution in [-0.4, -0.2) is 54.6 Å². The van der Waals surface area contributed by atoms with Crippen molar-refractivity contribution in [1.82, 2.24) is 15.1 Å². The van der Waals surface area contributed by atoms with Crippen molar-refractivity contribution in [2.24, 2.45) is 11.7 Å². The minimum absolute atomic E-state index is 0.100. The summed E-state index contributed by atoms with van der Waals surface area (Å²) in [5.74, 6) is 0.432. The van der Waals surface area contributed by atoms with Crippen molar-refractivity contribution in [1.29, 1.82) is 0 Å². The fourth-order valence-corrected chi connectivity index (χ4v) is 5.73. The highest BCUT2D eigenvalue weighted by Crippen LogP contribution is 2.37. The Hall–Kier alpha value is -2.16. The second-order valence-electron chi connectivity index (χ2n) is 10.9. The maximum absolute atomic E-state index is 15.8. The summed E-state index contributed by atoms with van der Waals surface area (Å²) in [4.78, 5) is 4.55. The van der Waals surface area contributed by atoms with Crippen LogP contribution in [0.4, 0.5) is 17.6 Å². The molecule has 0 radical (unpaired) electrons. The number of benzene rings is 1. The van der Waals surface area contributed by atoms with Gasteiger partial charge in [0.15, 0.2) is 0 Å². The van der Waals surface area contributed by atoms with E-state index < -0.39 is 17.8 Å². The number of nitrogens with zero attached hydrogens (tertiary/aromatic N) is 2. The number of nitrogens with one attached hydrogen (secondary N) is 1. The molecule has 3 unspecified atom stereocenters. The van der Waals surface area contributed by atoms with Gasteiger partial charge in [-0.25, -0.2) is 4.39 Å². The second kappa shape index (κ2) is 14.5. The summed E-state index contributed by atoms with van der Waals surface area (Å²) >= 11 is 0. The molecule has 8 heteroatoms.